The maximum absolute atomic E-state index is 8.53. The van der Waals surface area contributed by atoms with Crippen LogP contribution in [0.4, 0.5) is 0 Å². The molecule has 0 fully saturated rings. The largest absolute Gasteiger partial charge is 0.246 e. The number of aromatic nitrogens is 1. The van der Waals surface area contributed by atoms with Crippen molar-refractivity contribution in [2.75, 3.05) is 0 Å². The molecule has 0 unspecified atom stereocenters. The van der Waals surface area contributed by atoms with Gasteiger partial charge in [0.2, 0.25) is 0 Å². The highest BCUT2D eigenvalue weighted by Gasteiger charge is 2.02. The number of hydrogen-bond acceptors (Lipinski definition) is 4. The van der Waals surface area contributed by atoms with Crippen LogP contribution in [0.25, 0.3) is 6.08 Å². The summed E-state index contributed by atoms with van der Waals surface area (Å²) in [5.74, 6) is 0. The number of allylic oxidation sites excluding steroid dienone is 1. The first-order chi connectivity index (χ1) is 6.17. The van der Waals surface area contributed by atoms with Crippen molar-refractivity contribution in [1.82, 2.24) is 4.98 Å². The number of thiazole rings is 1. The summed E-state index contributed by atoms with van der Waals surface area (Å²) in [5, 5.41) is 18.0. The molecular weight excluding hydrogens is 182 g/mol. The van der Waals surface area contributed by atoms with E-state index in [-0.39, 0.29) is 5.57 Å². The maximum atomic E-state index is 8.53. The molecule has 1 aromatic heterocycles. The molecule has 3 nitrogen and oxygen atoms in total. The van der Waals surface area contributed by atoms with E-state index in [0.717, 1.165) is 15.6 Å². The Morgan fingerprint density at radius 2 is 2.00 bits per heavy atom. The van der Waals surface area contributed by atoms with Gasteiger partial charge in [0.05, 0.1) is 15.6 Å². The minimum absolute atomic E-state index is 0.117. The quantitative estimate of drug-likeness (QED) is 0.636. The van der Waals surface area contributed by atoms with Crippen molar-refractivity contribution in [3.05, 3.63) is 21.2 Å². The van der Waals surface area contributed by atoms with Crippen LogP contribution in [0.1, 0.15) is 15.6 Å². The van der Waals surface area contributed by atoms with Gasteiger partial charge < -0.3 is 0 Å². The number of nitriles is 2. The molecule has 0 aliphatic rings. The standard InChI is InChI=1S/C9H7N3S/c1-6-9(13-7(2)12-6)3-8(4-10)5-11/h3H,1-2H3. The lowest BCUT2D eigenvalue weighted by Gasteiger charge is -1.85. The van der Waals surface area contributed by atoms with Gasteiger partial charge in [-0.1, -0.05) is 0 Å². The molecule has 4 heteroatoms. The summed E-state index contributed by atoms with van der Waals surface area (Å²) in [5.41, 5.74) is 0.984. The lowest BCUT2D eigenvalue weighted by Crippen LogP contribution is -1.76. The molecule has 0 saturated heterocycles. The summed E-state index contributed by atoms with van der Waals surface area (Å²) >= 11 is 1.48. The van der Waals surface area contributed by atoms with Crippen LogP contribution in [0, 0.1) is 36.5 Å². The first-order valence-corrected chi connectivity index (χ1v) is 4.45. The third-order valence-corrected chi connectivity index (χ3v) is 2.48. The molecule has 0 spiro atoms. The van der Waals surface area contributed by atoms with Crippen LogP contribution in [0.3, 0.4) is 0 Å². The smallest absolute Gasteiger partial charge is 0.131 e. The molecule has 0 aliphatic heterocycles. The third-order valence-electron chi connectivity index (χ3n) is 1.46. The topological polar surface area (TPSA) is 60.5 Å². The number of aryl methyl sites for hydroxylation is 2. The highest BCUT2D eigenvalue weighted by atomic mass is 32.1. The Hall–Kier alpha value is -1.65. The summed E-state index contributed by atoms with van der Waals surface area (Å²) in [4.78, 5) is 5.07. The van der Waals surface area contributed by atoms with Crippen molar-refractivity contribution < 1.29 is 0 Å². The van der Waals surface area contributed by atoms with Crippen LogP contribution in [0.2, 0.25) is 0 Å². The van der Waals surface area contributed by atoms with Crippen LogP contribution in [-0.4, -0.2) is 4.98 Å². The van der Waals surface area contributed by atoms with Crippen molar-refractivity contribution >= 4 is 17.4 Å². The Morgan fingerprint density at radius 3 is 2.38 bits per heavy atom. The molecule has 0 saturated carbocycles. The highest BCUT2D eigenvalue weighted by Crippen LogP contribution is 2.19. The third kappa shape index (κ3) is 2.14. The Kier molecular flexibility index (Phi) is 2.79. The van der Waals surface area contributed by atoms with Gasteiger partial charge in [-0.2, -0.15) is 10.5 Å². The van der Waals surface area contributed by atoms with Crippen LogP contribution >= 0.6 is 11.3 Å². The summed E-state index contributed by atoms with van der Waals surface area (Å²) < 4.78 is 0. The fourth-order valence-electron chi connectivity index (χ4n) is 0.902. The van der Waals surface area contributed by atoms with Gasteiger partial charge in [-0.05, 0) is 19.9 Å². The Morgan fingerprint density at radius 1 is 1.38 bits per heavy atom. The highest BCUT2D eigenvalue weighted by molar-refractivity contribution is 7.12. The second kappa shape index (κ2) is 3.84. The second-order valence-corrected chi connectivity index (χ2v) is 3.70. The van der Waals surface area contributed by atoms with E-state index in [9.17, 15) is 0 Å². The molecule has 0 bridgehead atoms. The zero-order chi connectivity index (χ0) is 9.84. The van der Waals surface area contributed by atoms with Gasteiger partial charge in [-0.3, -0.25) is 0 Å². The minimum atomic E-state index is 0.117. The monoisotopic (exact) mass is 189 g/mol. The average Bonchev–Trinajstić information content (AvgIpc) is 2.41. The summed E-state index contributed by atoms with van der Waals surface area (Å²) in [6, 6.07) is 3.63. The predicted molar refractivity (Wildman–Crippen MR) is 50.8 cm³/mol. The summed E-state index contributed by atoms with van der Waals surface area (Å²) in [7, 11) is 0. The molecule has 0 atom stereocenters. The lowest BCUT2D eigenvalue weighted by molar-refractivity contribution is 1.20. The van der Waals surface area contributed by atoms with E-state index in [1.165, 1.54) is 11.3 Å². The van der Waals surface area contributed by atoms with Crippen molar-refractivity contribution in [2.45, 2.75) is 13.8 Å². The first kappa shape index (κ1) is 9.44. The maximum Gasteiger partial charge on any atom is 0.131 e. The van der Waals surface area contributed by atoms with Crippen LogP contribution < -0.4 is 0 Å². The predicted octanol–water partition coefficient (Wildman–Crippen LogP) is 2.19. The van der Waals surface area contributed by atoms with Gasteiger partial charge in [-0.15, -0.1) is 11.3 Å². The molecular formula is C9H7N3S. The average molecular weight is 189 g/mol. The number of hydrogen-bond donors (Lipinski definition) is 0. The normalized spacial score (nSPS) is 8.62. The van der Waals surface area contributed by atoms with Crippen molar-refractivity contribution in [2.24, 2.45) is 0 Å². The zero-order valence-corrected chi connectivity index (χ0v) is 8.14. The zero-order valence-electron chi connectivity index (χ0n) is 7.33. The molecule has 0 amide bonds. The molecule has 1 heterocycles. The van der Waals surface area contributed by atoms with Gasteiger partial charge in [0, 0.05) is 0 Å². The molecule has 0 aromatic carbocycles. The minimum Gasteiger partial charge on any atom is -0.246 e. The van der Waals surface area contributed by atoms with E-state index < -0.39 is 0 Å². The van der Waals surface area contributed by atoms with Crippen molar-refractivity contribution in [3.8, 4) is 12.1 Å². The van der Waals surface area contributed by atoms with Gasteiger partial charge in [0.15, 0.2) is 0 Å². The van der Waals surface area contributed by atoms with E-state index in [4.69, 9.17) is 10.5 Å². The van der Waals surface area contributed by atoms with E-state index in [1.807, 2.05) is 26.0 Å². The molecule has 64 valence electrons. The second-order valence-electron chi connectivity index (χ2n) is 2.46. The van der Waals surface area contributed by atoms with Crippen molar-refractivity contribution in [3.63, 3.8) is 0 Å². The van der Waals surface area contributed by atoms with E-state index in [0.29, 0.717) is 0 Å². The van der Waals surface area contributed by atoms with E-state index in [1.54, 1.807) is 6.08 Å². The Balaban J connectivity index is 3.13. The summed E-state index contributed by atoms with van der Waals surface area (Å²) in [6.07, 6.45) is 1.57. The van der Waals surface area contributed by atoms with Gasteiger partial charge >= 0.3 is 0 Å². The molecule has 1 aromatic rings. The van der Waals surface area contributed by atoms with Crippen LogP contribution in [0.5, 0.6) is 0 Å². The van der Waals surface area contributed by atoms with Crippen LogP contribution in [-0.2, 0) is 0 Å². The van der Waals surface area contributed by atoms with E-state index in [2.05, 4.69) is 4.98 Å². The Labute approximate surface area is 80.6 Å². The Bertz CT molecular complexity index is 413. The fourth-order valence-corrected chi connectivity index (χ4v) is 1.77. The molecule has 0 N–H and O–H groups in total. The SMILES string of the molecule is Cc1nc(C)c(C=C(C#N)C#N)s1. The van der Waals surface area contributed by atoms with Crippen molar-refractivity contribution in [1.29, 1.82) is 10.5 Å². The van der Waals surface area contributed by atoms with Gasteiger partial charge in [0.25, 0.3) is 0 Å². The number of rotatable bonds is 1. The fraction of sp³-hybridized carbons (Fsp3) is 0.222. The van der Waals surface area contributed by atoms with E-state index >= 15 is 0 Å². The molecule has 1 rings (SSSR count). The van der Waals surface area contributed by atoms with Crippen LogP contribution in [0.15, 0.2) is 5.57 Å². The number of nitrogens with zero attached hydrogens (tertiary/aromatic N) is 3. The molecule has 0 aliphatic carbocycles. The van der Waals surface area contributed by atoms with Gasteiger partial charge in [-0.25, -0.2) is 4.98 Å². The first-order valence-electron chi connectivity index (χ1n) is 3.63. The molecule has 0 radical (unpaired) electrons. The van der Waals surface area contributed by atoms with Gasteiger partial charge in [0.1, 0.15) is 17.7 Å². The summed E-state index contributed by atoms with van der Waals surface area (Å²) in [6.45, 7) is 3.76. The molecule has 13 heavy (non-hydrogen) atoms. The lowest BCUT2D eigenvalue weighted by atomic mass is 10.2.